The van der Waals surface area contributed by atoms with Crippen LogP contribution in [0.4, 0.5) is 5.69 Å². The summed E-state index contributed by atoms with van der Waals surface area (Å²) in [6.45, 7) is 1.11. The molecule has 0 radical (unpaired) electrons. The van der Waals surface area contributed by atoms with Gasteiger partial charge in [0.25, 0.3) is 5.69 Å². The lowest BCUT2D eigenvalue weighted by Gasteiger charge is -2.05. The highest BCUT2D eigenvalue weighted by Gasteiger charge is 2.10. The third-order valence-corrected chi connectivity index (χ3v) is 4.02. The Hall–Kier alpha value is -2.13. The number of thioether (sulfide) groups is 1. The molecule has 0 amide bonds. The molecule has 0 saturated carbocycles. The number of nitro groups is 1. The number of nitro benzene ring substituents is 1. The molecule has 22 heavy (non-hydrogen) atoms. The fraction of sp³-hybridized carbons (Fsp3) is 0.385. The lowest BCUT2D eigenvalue weighted by molar-refractivity contribution is -0.384. The maximum Gasteiger partial charge on any atom is 0.343 e. The van der Waals surface area contributed by atoms with Gasteiger partial charge in [0.2, 0.25) is 0 Å². The zero-order chi connectivity index (χ0) is 15.9. The van der Waals surface area contributed by atoms with Crippen LogP contribution < -0.4 is 5.69 Å². The number of aromatic amines is 1. The van der Waals surface area contributed by atoms with Crippen molar-refractivity contribution in [1.29, 1.82) is 0 Å². The normalized spacial score (nSPS) is 10.8. The van der Waals surface area contributed by atoms with E-state index in [1.807, 2.05) is 0 Å². The number of aromatic nitrogens is 3. The van der Waals surface area contributed by atoms with E-state index in [-0.39, 0.29) is 11.4 Å². The van der Waals surface area contributed by atoms with Gasteiger partial charge < -0.3 is 4.74 Å². The van der Waals surface area contributed by atoms with E-state index in [9.17, 15) is 14.9 Å². The van der Waals surface area contributed by atoms with Crippen LogP contribution in [0.1, 0.15) is 12.0 Å². The van der Waals surface area contributed by atoms with Crippen LogP contribution in [-0.2, 0) is 17.0 Å². The summed E-state index contributed by atoms with van der Waals surface area (Å²) in [4.78, 5) is 21.9. The van der Waals surface area contributed by atoms with Crippen molar-refractivity contribution in [2.24, 2.45) is 0 Å². The summed E-state index contributed by atoms with van der Waals surface area (Å²) in [5, 5.41) is 17.6. The zero-order valence-electron chi connectivity index (χ0n) is 12.0. The fourth-order valence-electron chi connectivity index (χ4n) is 1.84. The second kappa shape index (κ2) is 7.76. The number of methoxy groups -OCH3 is 1. The first kappa shape index (κ1) is 16.2. The third-order valence-electron chi connectivity index (χ3n) is 2.97. The highest BCUT2D eigenvalue weighted by molar-refractivity contribution is 7.98. The topological polar surface area (TPSA) is 103 Å². The van der Waals surface area contributed by atoms with Crippen molar-refractivity contribution in [3.05, 3.63) is 50.4 Å². The molecule has 0 unspecified atom stereocenters. The molecule has 0 atom stereocenters. The summed E-state index contributed by atoms with van der Waals surface area (Å²) in [5.74, 6) is 0.576. The zero-order valence-corrected chi connectivity index (χ0v) is 12.8. The Kier molecular flexibility index (Phi) is 5.73. The van der Waals surface area contributed by atoms with E-state index in [1.54, 1.807) is 23.8 Å². The second-order valence-electron chi connectivity index (χ2n) is 4.52. The van der Waals surface area contributed by atoms with Gasteiger partial charge in [-0.1, -0.05) is 23.9 Å². The van der Waals surface area contributed by atoms with Crippen LogP contribution in [0.3, 0.4) is 0 Å². The Bertz CT molecular complexity index is 680. The van der Waals surface area contributed by atoms with E-state index in [2.05, 4.69) is 10.2 Å². The maximum atomic E-state index is 11.7. The smallest absolute Gasteiger partial charge is 0.343 e. The lowest BCUT2D eigenvalue weighted by atomic mass is 10.2. The molecule has 0 saturated heterocycles. The van der Waals surface area contributed by atoms with Crippen molar-refractivity contribution in [2.75, 3.05) is 13.7 Å². The summed E-state index contributed by atoms with van der Waals surface area (Å²) in [6, 6.07) is 6.33. The summed E-state index contributed by atoms with van der Waals surface area (Å²) in [6.07, 6.45) is 0.723. The van der Waals surface area contributed by atoms with Crippen molar-refractivity contribution < 1.29 is 9.66 Å². The summed E-state index contributed by atoms with van der Waals surface area (Å²) in [7, 11) is 1.61. The van der Waals surface area contributed by atoms with Gasteiger partial charge >= 0.3 is 5.69 Å². The number of H-pyrrole nitrogens is 1. The van der Waals surface area contributed by atoms with Gasteiger partial charge in [-0.05, 0) is 12.0 Å². The fourth-order valence-corrected chi connectivity index (χ4v) is 2.77. The quantitative estimate of drug-likeness (QED) is 0.344. The number of ether oxygens (including phenoxy) is 1. The molecule has 1 aromatic heterocycles. The summed E-state index contributed by atoms with van der Waals surface area (Å²) in [5.41, 5.74) is 0.738. The highest BCUT2D eigenvalue weighted by Crippen LogP contribution is 2.21. The first-order valence-corrected chi connectivity index (χ1v) is 7.60. The molecule has 118 valence electrons. The van der Waals surface area contributed by atoms with Gasteiger partial charge in [0.05, 0.1) is 4.92 Å². The van der Waals surface area contributed by atoms with Crippen LogP contribution in [0, 0.1) is 10.1 Å². The van der Waals surface area contributed by atoms with E-state index in [4.69, 9.17) is 4.74 Å². The van der Waals surface area contributed by atoms with E-state index >= 15 is 0 Å². The molecule has 1 N–H and O–H groups in total. The van der Waals surface area contributed by atoms with E-state index in [0.29, 0.717) is 24.1 Å². The SMILES string of the molecule is COCCCn1c(SCc2ccc([N+](=O)[O-])cc2)n[nH]c1=O. The Morgan fingerprint density at radius 2 is 2.14 bits per heavy atom. The van der Waals surface area contributed by atoms with Crippen molar-refractivity contribution >= 4 is 17.4 Å². The minimum Gasteiger partial charge on any atom is -0.385 e. The minimum absolute atomic E-state index is 0.0602. The molecule has 0 aliphatic heterocycles. The monoisotopic (exact) mass is 324 g/mol. The Labute approximate surface area is 130 Å². The van der Waals surface area contributed by atoms with Crippen molar-refractivity contribution in [2.45, 2.75) is 23.9 Å². The number of rotatable bonds is 8. The predicted octanol–water partition coefficient (Wildman–Crippen LogP) is 1.81. The van der Waals surface area contributed by atoms with E-state index in [1.165, 1.54) is 23.9 Å². The Morgan fingerprint density at radius 3 is 2.77 bits per heavy atom. The third kappa shape index (κ3) is 4.18. The average Bonchev–Trinajstić information content (AvgIpc) is 2.86. The molecule has 1 heterocycles. The number of nitrogens with one attached hydrogen (secondary N) is 1. The molecule has 0 aliphatic carbocycles. The molecule has 0 aliphatic rings. The Morgan fingerprint density at radius 1 is 1.41 bits per heavy atom. The molecular formula is C13H16N4O4S. The van der Waals surface area contributed by atoms with Gasteiger partial charge in [-0.15, -0.1) is 5.10 Å². The van der Waals surface area contributed by atoms with Crippen LogP contribution in [0.5, 0.6) is 0 Å². The summed E-state index contributed by atoms with van der Waals surface area (Å²) >= 11 is 1.40. The van der Waals surface area contributed by atoms with Crippen LogP contribution in [0.2, 0.25) is 0 Å². The van der Waals surface area contributed by atoms with Crippen molar-refractivity contribution in [3.63, 3.8) is 0 Å². The minimum atomic E-state index is -0.432. The van der Waals surface area contributed by atoms with Gasteiger partial charge in [-0.25, -0.2) is 9.89 Å². The van der Waals surface area contributed by atoms with Gasteiger partial charge in [0.1, 0.15) is 0 Å². The van der Waals surface area contributed by atoms with Gasteiger partial charge in [-0.2, -0.15) is 0 Å². The molecule has 2 rings (SSSR count). The number of non-ortho nitro benzene ring substituents is 1. The molecule has 8 nitrogen and oxygen atoms in total. The van der Waals surface area contributed by atoms with Gasteiger partial charge in [0.15, 0.2) is 5.16 Å². The number of hydrogen-bond donors (Lipinski definition) is 1. The largest absolute Gasteiger partial charge is 0.385 e. The van der Waals surface area contributed by atoms with Gasteiger partial charge in [-0.3, -0.25) is 14.7 Å². The first-order valence-electron chi connectivity index (χ1n) is 6.62. The van der Waals surface area contributed by atoms with Crippen LogP contribution in [-0.4, -0.2) is 33.4 Å². The van der Waals surface area contributed by atoms with E-state index < -0.39 is 4.92 Å². The van der Waals surface area contributed by atoms with Crippen molar-refractivity contribution in [1.82, 2.24) is 14.8 Å². The lowest BCUT2D eigenvalue weighted by Crippen LogP contribution is -2.18. The highest BCUT2D eigenvalue weighted by atomic mass is 32.2. The van der Waals surface area contributed by atoms with E-state index in [0.717, 1.165) is 12.0 Å². The maximum absolute atomic E-state index is 11.7. The number of nitrogens with zero attached hydrogens (tertiary/aromatic N) is 3. The van der Waals surface area contributed by atoms with Crippen LogP contribution in [0.25, 0.3) is 0 Å². The molecule has 9 heteroatoms. The van der Waals surface area contributed by atoms with Crippen LogP contribution >= 0.6 is 11.8 Å². The average molecular weight is 324 g/mol. The molecule has 2 aromatic rings. The summed E-state index contributed by atoms with van der Waals surface area (Å²) < 4.78 is 6.54. The molecule has 0 fully saturated rings. The molecule has 0 spiro atoms. The number of hydrogen-bond acceptors (Lipinski definition) is 6. The predicted molar refractivity (Wildman–Crippen MR) is 82.0 cm³/mol. The molecular weight excluding hydrogens is 308 g/mol. The number of benzene rings is 1. The van der Waals surface area contributed by atoms with Crippen LogP contribution in [0.15, 0.2) is 34.2 Å². The second-order valence-corrected chi connectivity index (χ2v) is 5.46. The first-order chi connectivity index (χ1) is 10.6. The van der Waals surface area contributed by atoms with Crippen molar-refractivity contribution in [3.8, 4) is 0 Å². The molecule has 1 aromatic carbocycles. The molecule has 0 bridgehead atoms. The standard InChI is InChI=1S/C13H16N4O4S/c1-21-8-2-7-16-12(18)14-15-13(16)22-9-10-3-5-11(6-4-10)17(19)20/h3-6H,2,7-9H2,1H3,(H,14,18). The Balaban J connectivity index is 1.99. The van der Waals surface area contributed by atoms with Gasteiger partial charge in [0, 0.05) is 38.1 Å².